The summed E-state index contributed by atoms with van der Waals surface area (Å²) in [6.45, 7) is 0.319. The monoisotopic (exact) mass is 325 g/mol. The van der Waals surface area contributed by atoms with Crippen molar-refractivity contribution in [2.45, 2.75) is 11.0 Å². The van der Waals surface area contributed by atoms with E-state index in [1.165, 1.54) is 12.1 Å². The molecule has 2 rings (SSSR count). The maximum absolute atomic E-state index is 11.4. The molecule has 2 aromatic rings. The molecule has 2 aromatic carbocycles. The Kier molecular flexibility index (Phi) is 4.88. The average molecular weight is 326 g/mol. The first-order chi connectivity index (χ1) is 9.86. The van der Waals surface area contributed by atoms with Crippen molar-refractivity contribution < 1.29 is 13.5 Å². The minimum absolute atomic E-state index is 0.240. The zero-order chi connectivity index (χ0) is 15.5. The Morgan fingerprint density at radius 1 is 1.10 bits per heavy atom. The van der Waals surface area contributed by atoms with Crippen molar-refractivity contribution in [3.63, 3.8) is 0 Å². The van der Waals surface area contributed by atoms with E-state index in [4.69, 9.17) is 11.6 Å². The lowest BCUT2D eigenvalue weighted by molar-refractivity contribution is 0.191. The summed E-state index contributed by atoms with van der Waals surface area (Å²) in [6.07, 6.45) is 0.426. The Labute approximate surface area is 129 Å². The highest BCUT2D eigenvalue weighted by molar-refractivity contribution is 7.90. The first kappa shape index (κ1) is 15.8. The molecule has 0 saturated heterocycles. The van der Waals surface area contributed by atoms with Crippen molar-refractivity contribution in [2.24, 2.45) is 0 Å². The topological polar surface area (TPSA) is 66.4 Å². The zero-order valence-corrected chi connectivity index (χ0v) is 13.0. The van der Waals surface area contributed by atoms with Crippen LogP contribution in [0, 0.1) is 0 Å². The van der Waals surface area contributed by atoms with E-state index in [1.807, 2.05) is 12.1 Å². The fourth-order valence-electron chi connectivity index (χ4n) is 1.84. The largest absolute Gasteiger partial charge is 0.387 e. The van der Waals surface area contributed by atoms with Crippen molar-refractivity contribution >= 4 is 27.1 Å². The van der Waals surface area contributed by atoms with Crippen molar-refractivity contribution in [1.29, 1.82) is 0 Å². The second-order valence-electron chi connectivity index (χ2n) is 4.74. The molecule has 1 atom stereocenters. The highest BCUT2D eigenvalue weighted by Crippen LogP contribution is 2.18. The standard InChI is InChI=1S/C15H16ClNO3S/c1-21(19,20)14-8-2-11(3-9-14)15(18)10-17-13-6-4-12(16)5-7-13/h2-9,15,17-18H,10H2,1H3. The van der Waals surface area contributed by atoms with Gasteiger partial charge in [-0.3, -0.25) is 0 Å². The van der Waals surface area contributed by atoms with E-state index in [2.05, 4.69) is 5.32 Å². The Balaban J connectivity index is 2.00. The third kappa shape index (κ3) is 4.46. The molecular weight excluding hydrogens is 310 g/mol. The number of anilines is 1. The van der Waals surface area contributed by atoms with Gasteiger partial charge in [-0.2, -0.15) is 0 Å². The van der Waals surface area contributed by atoms with Crippen LogP contribution in [-0.4, -0.2) is 26.3 Å². The second kappa shape index (κ2) is 6.47. The van der Waals surface area contributed by atoms with Crippen LogP contribution in [0.3, 0.4) is 0 Å². The van der Waals surface area contributed by atoms with Crippen LogP contribution in [0.5, 0.6) is 0 Å². The number of benzene rings is 2. The first-order valence-electron chi connectivity index (χ1n) is 6.34. The van der Waals surface area contributed by atoms with Gasteiger partial charge in [-0.1, -0.05) is 23.7 Å². The summed E-state index contributed by atoms with van der Waals surface area (Å²) >= 11 is 5.80. The molecule has 0 aromatic heterocycles. The van der Waals surface area contributed by atoms with Crippen LogP contribution in [0.2, 0.25) is 5.02 Å². The molecule has 0 amide bonds. The van der Waals surface area contributed by atoms with Crippen LogP contribution in [0.25, 0.3) is 0 Å². The number of aliphatic hydroxyl groups excluding tert-OH is 1. The molecule has 0 bridgehead atoms. The molecule has 112 valence electrons. The van der Waals surface area contributed by atoms with Gasteiger partial charge in [-0.15, -0.1) is 0 Å². The molecule has 4 nitrogen and oxygen atoms in total. The van der Waals surface area contributed by atoms with Gasteiger partial charge in [-0.25, -0.2) is 8.42 Å². The Hall–Kier alpha value is -1.56. The predicted molar refractivity (Wildman–Crippen MR) is 84.5 cm³/mol. The van der Waals surface area contributed by atoms with Gasteiger partial charge in [0.1, 0.15) is 0 Å². The Morgan fingerprint density at radius 3 is 2.19 bits per heavy atom. The molecule has 0 saturated carbocycles. The fourth-order valence-corrected chi connectivity index (χ4v) is 2.59. The van der Waals surface area contributed by atoms with Crippen LogP contribution in [0.1, 0.15) is 11.7 Å². The van der Waals surface area contributed by atoms with E-state index >= 15 is 0 Å². The van der Waals surface area contributed by atoms with Gasteiger partial charge in [0.15, 0.2) is 9.84 Å². The Morgan fingerprint density at radius 2 is 1.67 bits per heavy atom. The van der Waals surface area contributed by atoms with Gasteiger partial charge < -0.3 is 10.4 Å². The predicted octanol–water partition coefficient (Wildman–Crippen LogP) is 2.89. The van der Waals surface area contributed by atoms with Gasteiger partial charge in [-0.05, 0) is 42.0 Å². The number of nitrogens with one attached hydrogen (secondary N) is 1. The number of aliphatic hydroxyl groups is 1. The molecule has 6 heteroatoms. The highest BCUT2D eigenvalue weighted by atomic mass is 35.5. The summed E-state index contributed by atoms with van der Waals surface area (Å²) in [5.41, 5.74) is 1.51. The normalized spacial score (nSPS) is 12.9. The van der Waals surface area contributed by atoms with Crippen LogP contribution < -0.4 is 5.32 Å². The highest BCUT2D eigenvalue weighted by Gasteiger charge is 2.10. The number of rotatable bonds is 5. The second-order valence-corrected chi connectivity index (χ2v) is 7.20. The quantitative estimate of drug-likeness (QED) is 0.887. The van der Waals surface area contributed by atoms with Crippen molar-refractivity contribution in [3.05, 3.63) is 59.1 Å². The summed E-state index contributed by atoms with van der Waals surface area (Å²) in [6, 6.07) is 13.4. The first-order valence-corrected chi connectivity index (χ1v) is 8.61. The van der Waals surface area contributed by atoms with Gasteiger partial charge in [0, 0.05) is 23.5 Å². The van der Waals surface area contributed by atoms with E-state index in [0.29, 0.717) is 17.1 Å². The number of hydrogen-bond donors (Lipinski definition) is 2. The number of hydrogen-bond acceptors (Lipinski definition) is 4. The third-order valence-corrected chi connectivity index (χ3v) is 4.42. The lowest BCUT2D eigenvalue weighted by Gasteiger charge is -2.13. The zero-order valence-electron chi connectivity index (χ0n) is 11.5. The SMILES string of the molecule is CS(=O)(=O)c1ccc(C(O)CNc2ccc(Cl)cc2)cc1. The van der Waals surface area contributed by atoms with Crippen molar-refractivity contribution in [2.75, 3.05) is 18.1 Å². The molecule has 1 unspecified atom stereocenters. The lowest BCUT2D eigenvalue weighted by atomic mass is 10.1. The fraction of sp³-hybridized carbons (Fsp3) is 0.200. The van der Waals surface area contributed by atoms with Crippen LogP contribution in [0.4, 0.5) is 5.69 Å². The maximum Gasteiger partial charge on any atom is 0.175 e. The van der Waals surface area contributed by atoms with E-state index in [9.17, 15) is 13.5 Å². The number of halogens is 1. The molecular formula is C15H16ClNO3S. The van der Waals surface area contributed by atoms with Gasteiger partial charge in [0.25, 0.3) is 0 Å². The number of sulfone groups is 1. The molecule has 0 aliphatic heterocycles. The third-order valence-electron chi connectivity index (χ3n) is 3.04. The minimum atomic E-state index is -3.21. The van der Waals surface area contributed by atoms with Crippen LogP contribution in [0.15, 0.2) is 53.4 Å². The van der Waals surface area contributed by atoms with E-state index < -0.39 is 15.9 Å². The summed E-state index contributed by atoms with van der Waals surface area (Å²) in [5.74, 6) is 0. The smallest absolute Gasteiger partial charge is 0.175 e. The average Bonchev–Trinajstić information content (AvgIpc) is 2.45. The molecule has 0 aliphatic rings. The van der Waals surface area contributed by atoms with Gasteiger partial charge in [0.05, 0.1) is 11.0 Å². The summed E-state index contributed by atoms with van der Waals surface area (Å²) in [5, 5.41) is 13.8. The summed E-state index contributed by atoms with van der Waals surface area (Å²) < 4.78 is 22.7. The molecule has 21 heavy (non-hydrogen) atoms. The van der Waals surface area contributed by atoms with Crippen molar-refractivity contribution in [3.8, 4) is 0 Å². The minimum Gasteiger partial charge on any atom is -0.387 e. The van der Waals surface area contributed by atoms with E-state index in [0.717, 1.165) is 11.9 Å². The van der Waals surface area contributed by atoms with Crippen LogP contribution in [-0.2, 0) is 9.84 Å². The summed E-state index contributed by atoms with van der Waals surface area (Å²) in [7, 11) is -3.21. The molecule has 0 radical (unpaired) electrons. The van der Waals surface area contributed by atoms with Gasteiger partial charge >= 0.3 is 0 Å². The molecule has 0 aliphatic carbocycles. The van der Waals surface area contributed by atoms with E-state index in [1.54, 1.807) is 24.3 Å². The summed E-state index contributed by atoms with van der Waals surface area (Å²) in [4.78, 5) is 0.240. The lowest BCUT2D eigenvalue weighted by Crippen LogP contribution is -2.12. The maximum atomic E-state index is 11.4. The van der Waals surface area contributed by atoms with Crippen molar-refractivity contribution in [1.82, 2.24) is 0 Å². The molecule has 0 fully saturated rings. The van der Waals surface area contributed by atoms with E-state index in [-0.39, 0.29) is 4.90 Å². The van der Waals surface area contributed by atoms with Crippen LogP contribution >= 0.6 is 11.6 Å². The molecule has 0 spiro atoms. The molecule has 2 N–H and O–H groups in total. The Bertz CT molecular complexity index is 697. The molecule has 0 heterocycles. The van der Waals surface area contributed by atoms with Gasteiger partial charge in [0.2, 0.25) is 0 Å².